The summed E-state index contributed by atoms with van der Waals surface area (Å²) >= 11 is 0. The molecule has 0 aliphatic carbocycles. The smallest absolute Gasteiger partial charge is 0.227 e. The van der Waals surface area contributed by atoms with E-state index < -0.39 is 0 Å². The van der Waals surface area contributed by atoms with Crippen LogP contribution in [0.3, 0.4) is 0 Å². The van der Waals surface area contributed by atoms with E-state index in [0.29, 0.717) is 5.91 Å². The summed E-state index contributed by atoms with van der Waals surface area (Å²) in [5.74, 6) is 1.08. The molecule has 1 amide bonds. The third-order valence-electron chi connectivity index (χ3n) is 5.32. The molecule has 4 rings (SSSR count). The maximum absolute atomic E-state index is 13.0. The lowest BCUT2D eigenvalue weighted by Gasteiger charge is -2.39. The fourth-order valence-electron chi connectivity index (χ4n) is 3.90. The minimum atomic E-state index is 0.0517. The molecule has 3 heterocycles. The molecule has 0 N–H and O–H groups in total. The standard InChI is InChI=1S/C20H25N5O/c26-19(17-6-4-11-25(16-17)20-21-9-5-10-22-20)24-14-12-23(13-15-24)18-7-2-1-3-8-18/h1-3,5,7-10,17H,4,6,11-16H2/t17-/m0/s1. The average molecular weight is 351 g/mol. The Hall–Kier alpha value is -2.63. The summed E-state index contributed by atoms with van der Waals surface area (Å²) in [4.78, 5) is 28.2. The van der Waals surface area contributed by atoms with E-state index in [1.165, 1.54) is 5.69 Å². The molecule has 1 atom stereocenters. The van der Waals surface area contributed by atoms with E-state index in [1.807, 2.05) is 17.0 Å². The molecule has 2 aliphatic heterocycles. The van der Waals surface area contributed by atoms with E-state index >= 15 is 0 Å². The Bertz CT molecular complexity index is 715. The van der Waals surface area contributed by atoms with Gasteiger partial charge in [-0.1, -0.05) is 18.2 Å². The highest BCUT2D eigenvalue weighted by atomic mass is 16.2. The maximum atomic E-state index is 13.0. The second-order valence-electron chi connectivity index (χ2n) is 6.98. The monoisotopic (exact) mass is 351 g/mol. The fourth-order valence-corrected chi connectivity index (χ4v) is 3.90. The van der Waals surface area contributed by atoms with Crippen molar-refractivity contribution in [2.24, 2.45) is 5.92 Å². The molecule has 1 aromatic heterocycles. The molecule has 26 heavy (non-hydrogen) atoms. The molecule has 6 nitrogen and oxygen atoms in total. The van der Waals surface area contributed by atoms with Crippen molar-refractivity contribution in [2.75, 3.05) is 49.1 Å². The second kappa shape index (κ2) is 7.72. The van der Waals surface area contributed by atoms with Crippen LogP contribution in [-0.2, 0) is 4.79 Å². The summed E-state index contributed by atoms with van der Waals surface area (Å²) in [7, 11) is 0. The van der Waals surface area contributed by atoms with Crippen LogP contribution in [0.15, 0.2) is 48.8 Å². The first kappa shape index (κ1) is 16.8. The highest BCUT2D eigenvalue weighted by molar-refractivity contribution is 5.80. The van der Waals surface area contributed by atoms with Crippen molar-refractivity contribution in [3.05, 3.63) is 48.8 Å². The number of anilines is 2. The summed E-state index contributed by atoms with van der Waals surface area (Å²) in [6.07, 6.45) is 5.49. The zero-order valence-corrected chi connectivity index (χ0v) is 15.0. The van der Waals surface area contributed by atoms with Gasteiger partial charge in [-0.15, -0.1) is 0 Å². The lowest BCUT2D eigenvalue weighted by atomic mass is 9.96. The first-order valence-corrected chi connectivity index (χ1v) is 9.42. The lowest BCUT2D eigenvalue weighted by Crippen LogP contribution is -2.52. The molecule has 0 spiro atoms. The van der Waals surface area contributed by atoms with Gasteiger partial charge in [0.1, 0.15) is 0 Å². The number of amides is 1. The number of hydrogen-bond acceptors (Lipinski definition) is 5. The number of piperazine rings is 1. The third kappa shape index (κ3) is 3.64. The molecular weight excluding hydrogens is 326 g/mol. The molecule has 6 heteroatoms. The molecule has 2 aliphatic rings. The van der Waals surface area contributed by atoms with Crippen molar-refractivity contribution in [1.29, 1.82) is 0 Å². The highest BCUT2D eigenvalue weighted by Crippen LogP contribution is 2.23. The van der Waals surface area contributed by atoms with Crippen molar-refractivity contribution in [2.45, 2.75) is 12.8 Å². The Morgan fingerprint density at radius 1 is 0.885 bits per heavy atom. The normalized spacial score (nSPS) is 20.9. The van der Waals surface area contributed by atoms with Gasteiger partial charge in [0.25, 0.3) is 0 Å². The Morgan fingerprint density at radius 3 is 2.35 bits per heavy atom. The van der Waals surface area contributed by atoms with Gasteiger partial charge < -0.3 is 14.7 Å². The lowest BCUT2D eigenvalue weighted by molar-refractivity contribution is -0.136. The number of aromatic nitrogens is 2. The number of carbonyl (C=O) groups excluding carboxylic acids is 1. The van der Waals surface area contributed by atoms with E-state index in [9.17, 15) is 4.79 Å². The first-order chi connectivity index (χ1) is 12.8. The van der Waals surface area contributed by atoms with Crippen LogP contribution in [0.1, 0.15) is 12.8 Å². The molecule has 0 bridgehead atoms. The van der Waals surface area contributed by atoms with E-state index in [2.05, 4.69) is 44.0 Å². The number of carbonyl (C=O) groups is 1. The molecule has 2 saturated heterocycles. The van der Waals surface area contributed by atoms with E-state index in [0.717, 1.165) is 58.1 Å². The fraction of sp³-hybridized carbons (Fsp3) is 0.450. The van der Waals surface area contributed by atoms with Gasteiger partial charge in [0, 0.05) is 57.3 Å². The molecule has 0 saturated carbocycles. The highest BCUT2D eigenvalue weighted by Gasteiger charge is 2.31. The number of benzene rings is 1. The van der Waals surface area contributed by atoms with Crippen LogP contribution in [0.5, 0.6) is 0 Å². The van der Waals surface area contributed by atoms with Crippen LogP contribution in [0.25, 0.3) is 0 Å². The van der Waals surface area contributed by atoms with Gasteiger partial charge in [0.15, 0.2) is 0 Å². The predicted molar refractivity (Wildman–Crippen MR) is 102 cm³/mol. The van der Waals surface area contributed by atoms with Crippen molar-refractivity contribution >= 4 is 17.5 Å². The summed E-state index contributed by atoms with van der Waals surface area (Å²) < 4.78 is 0. The van der Waals surface area contributed by atoms with E-state index in [4.69, 9.17) is 0 Å². The van der Waals surface area contributed by atoms with Crippen molar-refractivity contribution in [1.82, 2.24) is 14.9 Å². The molecule has 136 valence electrons. The molecule has 2 aromatic rings. The summed E-state index contributed by atoms with van der Waals surface area (Å²) in [6, 6.07) is 12.3. The summed E-state index contributed by atoms with van der Waals surface area (Å²) in [5, 5.41) is 0. The molecule has 0 radical (unpaired) electrons. The quantitative estimate of drug-likeness (QED) is 0.847. The largest absolute Gasteiger partial charge is 0.368 e. The second-order valence-corrected chi connectivity index (χ2v) is 6.98. The van der Waals surface area contributed by atoms with Gasteiger partial charge in [0.05, 0.1) is 5.92 Å². The number of rotatable bonds is 3. The van der Waals surface area contributed by atoms with Gasteiger partial charge >= 0.3 is 0 Å². The predicted octanol–water partition coefficient (Wildman–Crippen LogP) is 2.04. The van der Waals surface area contributed by atoms with Gasteiger partial charge in [-0.3, -0.25) is 4.79 Å². The Kier molecular flexibility index (Phi) is 5.00. The molecular formula is C20H25N5O. The summed E-state index contributed by atoms with van der Waals surface area (Å²) in [6.45, 7) is 5.04. The van der Waals surface area contributed by atoms with Crippen LogP contribution in [0, 0.1) is 5.92 Å². The zero-order chi connectivity index (χ0) is 17.8. The zero-order valence-electron chi connectivity index (χ0n) is 15.0. The van der Waals surface area contributed by atoms with Crippen LogP contribution >= 0.6 is 0 Å². The Morgan fingerprint density at radius 2 is 1.62 bits per heavy atom. The van der Waals surface area contributed by atoms with Gasteiger partial charge in [-0.25, -0.2) is 9.97 Å². The van der Waals surface area contributed by atoms with Gasteiger partial charge in [-0.2, -0.15) is 0 Å². The molecule has 0 unspecified atom stereocenters. The van der Waals surface area contributed by atoms with Crippen molar-refractivity contribution in [3.8, 4) is 0 Å². The third-order valence-corrected chi connectivity index (χ3v) is 5.32. The van der Waals surface area contributed by atoms with E-state index in [1.54, 1.807) is 12.4 Å². The Labute approximate surface area is 154 Å². The van der Waals surface area contributed by atoms with Crippen LogP contribution < -0.4 is 9.80 Å². The minimum absolute atomic E-state index is 0.0517. The minimum Gasteiger partial charge on any atom is -0.368 e. The summed E-state index contributed by atoms with van der Waals surface area (Å²) in [5.41, 5.74) is 1.24. The topological polar surface area (TPSA) is 52.6 Å². The van der Waals surface area contributed by atoms with Gasteiger partial charge in [0.2, 0.25) is 11.9 Å². The van der Waals surface area contributed by atoms with Crippen molar-refractivity contribution in [3.63, 3.8) is 0 Å². The van der Waals surface area contributed by atoms with Crippen molar-refractivity contribution < 1.29 is 4.79 Å². The first-order valence-electron chi connectivity index (χ1n) is 9.42. The van der Waals surface area contributed by atoms with Gasteiger partial charge in [-0.05, 0) is 31.0 Å². The van der Waals surface area contributed by atoms with Crippen LogP contribution in [-0.4, -0.2) is 60.0 Å². The SMILES string of the molecule is O=C([C@H]1CCCN(c2ncccn2)C1)N1CCN(c2ccccc2)CC1. The van der Waals surface area contributed by atoms with Crippen LogP contribution in [0.4, 0.5) is 11.6 Å². The van der Waals surface area contributed by atoms with Crippen LogP contribution in [0.2, 0.25) is 0 Å². The number of piperidine rings is 1. The van der Waals surface area contributed by atoms with E-state index in [-0.39, 0.29) is 5.92 Å². The number of hydrogen-bond donors (Lipinski definition) is 0. The Balaban J connectivity index is 1.35. The molecule has 1 aromatic carbocycles. The molecule has 2 fully saturated rings. The maximum Gasteiger partial charge on any atom is 0.227 e. The number of nitrogens with zero attached hydrogens (tertiary/aromatic N) is 5. The average Bonchev–Trinajstić information content (AvgIpc) is 2.75. The number of para-hydroxylation sites is 1.